The van der Waals surface area contributed by atoms with Gasteiger partial charge >= 0.3 is 0 Å². The SMILES string of the molecule is O=C(NCc1ccc(F)cc1)c1cc(NCCc2ccc(F)cc2)ncn1. The summed E-state index contributed by atoms with van der Waals surface area (Å²) in [6.07, 6.45) is 2.00. The van der Waals surface area contributed by atoms with E-state index in [0.717, 1.165) is 11.1 Å². The normalized spacial score (nSPS) is 10.4. The Kier molecular flexibility index (Phi) is 6.04. The molecule has 0 aliphatic rings. The molecule has 0 fully saturated rings. The topological polar surface area (TPSA) is 66.9 Å². The molecule has 0 radical (unpaired) electrons. The summed E-state index contributed by atoms with van der Waals surface area (Å²) in [6.45, 7) is 0.857. The molecule has 0 bridgehead atoms. The fraction of sp³-hybridized carbons (Fsp3) is 0.150. The maximum Gasteiger partial charge on any atom is 0.270 e. The molecule has 0 saturated carbocycles. The van der Waals surface area contributed by atoms with Crippen molar-refractivity contribution in [3.8, 4) is 0 Å². The molecule has 1 aromatic heterocycles. The Bertz CT molecular complexity index is 899. The van der Waals surface area contributed by atoms with Crippen LogP contribution in [0.5, 0.6) is 0 Å². The minimum atomic E-state index is -0.344. The highest BCUT2D eigenvalue weighted by Crippen LogP contribution is 2.07. The van der Waals surface area contributed by atoms with Crippen molar-refractivity contribution in [1.82, 2.24) is 15.3 Å². The van der Waals surface area contributed by atoms with Crippen molar-refractivity contribution in [3.05, 3.63) is 89.4 Å². The van der Waals surface area contributed by atoms with E-state index < -0.39 is 0 Å². The van der Waals surface area contributed by atoms with Crippen LogP contribution < -0.4 is 10.6 Å². The molecule has 0 spiro atoms. The summed E-state index contributed by atoms with van der Waals surface area (Å²) in [6, 6.07) is 13.8. The maximum absolute atomic E-state index is 12.9. The first-order chi connectivity index (χ1) is 13.1. The quantitative estimate of drug-likeness (QED) is 0.671. The Hall–Kier alpha value is -3.35. The van der Waals surface area contributed by atoms with Crippen LogP contribution in [0, 0.1) is 11.6 Å². The number of hydrogen-bond acceptors (Lipinski definition) is 4. The molecule has 2 N–H and O–H groups in total. The van der Waals surface area contributed by atoms with Gasteiger partial charge in [0.05, 0.1) is 0 Å². The van der Waals surface area contributed by atoms with Gasteiger partial charge in [0.25, 0.3) is 5.91 Å². The predicted molar refractivity (Wildman–Crippen MR) is 98.2 cm³/mol. The highest BCUT2D eigenvalue weighted by molar-refractivity contribution is 5.92. The summed E-state index contributed by atoms with van der Waals surface area (Å²) in [7, 11) is 0. The molecular formula is C20H18F2N4O. The van der Waals surface area contributed by atoms with Gasteiger partial charge in [-0.25, -0.2) is 18.7 Å². The smallest absolute Gasteiger partial charge is 0.270 e. The van der Waals surface area contributed by atoms with Crippen molar-refractivity contribution in [1.29, 1.82) is 0 Å². The fourth-order valence-electron chi connectivity index (χ4n) is 2.44. The number of anilines is 1. The molecule has 0 aliphatic heterocycles. The molecule has 2 aromatic carbocycles. The Morgan fingerprint density at radius 1 is 0.889 bits per heavy atom. The minimum absolute atomic E-state index is 0.233. The van der Waals surface area contributed by atoms with Crippen molar-refractivity contribution in [2.45, 2.75) is 13.0 Å². The number of rotatable bonds is 7. The second-order valence-corrected chi connectivity index (χ2v) is 5.90. The van der Waals surface area contributed by atoms with E-state index in [9.17, 15) is 13.6 Å². The van der Waals surface area contributed by atoms with Gasteiger partial charge in [-0.05, 0) is 41.8 Å². The zero-order chi connectivity index (χ0) is 19.1. The van der Waals surface area contributed by atoms with Gasteiger partial charge in [0.2, 0.25) is 0 Å². The molecule has 3 rings (SSSR count). The summed E-state index contributed by atoms with van der Waals surface area (Å²) in [5, 5.41) is 5.85. The summed E-state index contributed by atoms with van der Waals surface area (Å²) < 4.78 is 25.8. The lowest BCUT2D eigenvalue weighted by molar-refractivity contribution is 0.0946. The summed E-state index contributed by atoms with van der Waals surface area (Å²) in [4.78, 5) is 20.3. The molecule has 27 heavy (non-hydrogen) atoms. The van der Waals surface area contributed by atoms with E-state index >= 15 is 0 Å². The van der Waals surface area contributed by atoms with E-state index in [1.807, 2.05) is 0 Å². The van der Waals surface area contributed by atoms with E-state index in [-0.39, 0.29) is 29.8 Å². The molecule has 0 atom stereocenters. The van der Waals surface area contributed by atoms with Gasteiger partial charge in [0.15, 0.2) is 0 Å². The van der Waals surface area contributed by atoms with E-state index in [1.165, 1.54) is 30.6 Å². The lowest BCUT2D eigenvalue weighted by Crippen LogP contribution is -2.24. The number of halogens is 2. The van der Waals surface area contributed by atoms with Crippen molar-refractivity contribution in [2.24, 2.45) is 0 Å². The van der Waals surface area contributed by atoms with Crippen LogP contribution in [-0.2, 0) is 13.0 Å². The fourth-order valence-corrected chi connectivity index (χ4v) is 2.44. The average molecular weight is 368 g/mol. The van der Waals surface area contributed by atoms with E-state index in [4.69, 9.17) is 0 Å². The summed E-state index contributed by atoms with van der Waals surface area (Å²) >= 11 is 0. The van der Waals surface area contributed by atoms with Crippen LogP contribution in [0.3, 0.4) is 0 Å². The third-order valence-corrected chi connectivity index (χ3v) is 3.90. The van der Waals surface area contributed by atoms with E-state index in [1.54, 1.807) is 30.3 Å². The van der Waals surface area contributed by atoms with E-state index in [2.05, 4.69) is 20.6 Å². The molecular weight excluding hydrogens is 350 g/mol. The largest absolute Gasteiger partial charge is 0.370 e. The monoisotopic (exact) mass is 368 g/mol. The number of amides is 1. The molecule has 0 aliphatic carbocycles. The lowest BCUT2D eigenvalue weighted by Gasteiger charge is -2.08. The Balaban J connectivity index is 1.52. The Morgan fingerprint density at radius 2 is 1.52 bits per heavy atom. The van der Waals surface area contributed by atoms with Gasteiger partial charge in [-0.2, -0.15) is 0 Å². The van der Waals surface area contributed by atoms with Crippen LogP contribution in [-0.4, -0.2) is 22.4 Å². The molecule has 138 valence electrons. The predicted octanol–water partition coefficient (Wildman–Crippen LogP) is 3.34. The number of benzene rings is 2. The van der Waals surface area contributed by atoms with Crippen LogP contribution >= 0.6 is 0 Å². The highest BCUT2D eigenvalue weighted by atomic mass is 19.1. The van der Waals surface area contributed by atoms with Crippen LogP contribution in [0.1, 0.15) is 21.6 Å². The molecule has 0 unspecified atom stereocenters. The molecule has 1 heterocycles. The number of carbonyl (C=O) groups is 1. The standard InChI is InChI=1S/C20H18F2N4O/c21-16-5-1-14(2-6-16)9-10-23-19-11-18(25-13-26-19)20(27)24-12-15-3-7-17(22)8-4-15/h1-8,11,13H,9-10,12H2,(H,24,27)(H,23,25,26). The first kappa shape index (κ1) is 18.4. The van der Waals surface area contributed by atoms with Gasteiger partial charge in [-0.1, -0.05) is 24.3 Å². The first-order valence-corrected chi connectivity index (χ1v) is 8.43. The van der Waals surface area contributed by atoms with Crippen LogP contribution in [0.25, 0.3) is 0 Å². The second kappa shape index (κ2) is 8.84. The Morgan fingerprint density at radius 3 is 2.19 bits per heavy atom. The third-order valence-electron chi connectivity index (χ3n) is 3.90. The number of carbonyl (C=O) groups excluding carboxylic acids is 1. The average Bonchev–Trinajstić information content (AvgIpc) is 2.69. The van der Waals surface area contributed by atoms with Crippen LogP contribution in [0.2, 0.25) is 0 Å². The first-order valence-electron chi connectivity index (χ1n) is 8.43. The molecule has 3 aromatic rings. The van der Waals surface area contributed by atoms with Crippen molar-refractivity contribution in [2.75, 3.05) is 11.9 Å². The zero-order valence-electron chi connectivity index (χ0n) is 14.5. The lowest BCUT2D eigenvalue weighted by atomic mass is 10.1. The van der Waals surface area contributed by atoms with Gasteiger partial charge in [0.1, 0.15) is 29.5 Å². The van der Waals surface area contributed by atoms with Crippen molar-refractivity contribution >= 4 is 11.7 Å². The number of hydrogen-bond donors (Lipinski definition) is 2. The maximum atomic E-state index is 12.9. The van der Waals surface area contributed by atoms with Crippen LogP contribution in [0.4, 0.5) is 14.6 Å². The number of nitrogens with one attached hydrogen (secondary N) is 2. The summed E-state index contributed by atoms with van der Waals surface area (Å²) in [5.41, 5.74) is 2.02. The zero-order valence-corrected chi connectivity index (χ0v) is 14.5. The molecule has 5 nitrogen and oxygen atoms in total. The van der Waals surface area contributed by atoms with Gasteiger partial charge in [-0.15, -0.1) is 0 Å². The van der Waals surface area contributed by atoms with Crippen molar-refractivity contribution < 1.29 is 13.6 Å². The molecule has 7 heteroatoms. The second-order valence-electron chi connectivity index (χ2n) is 5.90. The van der Waals surface area contributed by atoms with Gasteiger partial charge < -0.3 is 10.6 Å². The van der Waals surface area contributed by atoms with Gasteiger partial charge in [0, 0.05) is 19.2 Å². The summed E-state index contributed by atoms with van der Waals surface area (Å²) in [5.74, 6) is -0.404. The van der Waals surface area contributed by atoms with Gasteiger partial charge in [-0.3, -0.25) is 4.79 Å². The molecule has 1 amide bonds. The molecule has 0 saturated heterocycles. The van der Waals surface area contributed by atoms with Crippen molar-refractivity contribution in [3.63, 3.8) is 0 Å². The highest BCUT2D eigenvalue weighted by Gasteiger charge is 2.08. The van der Waals surface area contributed by atoms with E-state index in [0.29, 0.717) is 18.8 Å². The number of nitrogens with zero attached hydrogens (tertiary/aromatic N) is 2. The minimum Gasteiger partial charge on any atom is -0.370 e. The number of aromatic nitrogens is 2. The Labute approximate surface area is 155 Å². The van der Waals surface area contributed by atoms with Crippen LogP contribution in [0.15, 0.2) is 60.9 Å². The third kappa shape index (κ3) is 5.57.